The highest BCUT2D eigenvalue weighted by Crippen LogP contribution is 2.30. The van der Waals surface area contributed by atoms with Crippen molar-refractivity contribution in [1.29, 1.82) is 0 Å². The third-order valence-corrected chi connectivity index (χ3v) is 4.26. The van der Waals surface area contributed by atoms with Gasteiger partial charge in [0.05, 0.1) is 5.41 Å². The Kier molecular flexibility index (Phi) is 3.95. The third kappa shape index (κ3) is 2.66. The number of benzene rings is 1. The molecule has 2 rings (SSSR count). The summed E-state index contributed by atoms with van der Waals surface area (Å²) in [6, 6.07) is 8.14. The van der Waals surface area contributed by atoms with E-state index in [-0.39, 0.29) is 5.91 Å². The van der Waals surface area contributed by atoms with Crippen LogP contribution in [0, 0.1) is 12.8 Å². The summed E-state index contributed by atoms with van der Waals surface area (Å²) in [6.45, 7) is 8.44. The smallest absolute Gasteiger partial charge is 0.232 e. The minimum absolute atomic E-state index is 0.220. The Balaban J connectivity index is 2.20. The van der Waals surface area contributed by atoms with E-state index in [2.05, 4.69) is 19.1 Å². The van der Waals surface area contributed by atoms with Crippen LogP contribution >= 0.6 is 0 Å². The number of rotatable bonds is 3. The van der Waals surface area contributed by atoms with E-state index in [1.165, 1.54) is 5.56 Å². The van der Waals surface area contributed by atoms with Gasteiger partial charge in [0.1, 0.15) is 0 Å². The lowest BCUT2D eigenvalue weighted by atomic mass is 9.81. The fourth-order valence-electron chi connectivity index (χ4n) is 2.99. The van der Waals surface area contributed by atoms with E-state index in [1.54, 1.807) is 0 Å². The first-order valence-electron chi connectivity index (χ1n) is 7.02. The van der Waals surface area contributed by atoms with Gasteiger partial charge in [-0.1, -0.05) is 24.3 Å². The molecule has 3 heteroatoms. The topological polar surface area (TPSA) is 46.3 Å². The normalized spacial score (nSPS) is 19.8. The lowest BCUT2D eigenvalue weighted by molar-refractivity contribution is -0.135. The Bertz CT molecular complexity index is 468. The fraction of sp³-hybridized carbons (Fsp3) is 0.562. The van der Waals surface area contributed by atoms with Crippen LogP contribution in [0.1, 0.15) is 31.4 Å². The maximum atomic E-state index is 12.8. The number of hydrogen-bond acceptors (Lipinski definition) is 2. The highest BCUT2D eigenvalue weighted by atomic mass is 16.2. The number of amides is 1. The molecule has 1 aliphatic heterocycles. The lowest BCUT2D eigenvalue weighted by Crippen LogP contribution is -2.43. The number of carbonyl (C=O) groups excluding carboxylic acids is 1. The molecule has 1 saturated heterocycles. The monoisotopic (exact) mass is 260 g/mol. The summed E-state index contributed by atoms with van der Waals surface area (Å²) in [4.78, 5) is 14.7. The molecule has 0 aliphatic carbocycles. The number of hydrogen-bond donors (Lipinski definition) is 1. The molecule has 1 unspecified atom stereocenters. The second kappa shape index (κ2) is 5.33. The molecular formula is C16H24N2O. The van der Waals surface area contributed by atoms with E-state index in [9.17, 15) is 4.79 Å². The molecule has 0 bridgehead atoms. The maximum Gasteiger partial charge on any atom is 0.232 e. The van der Waals surface area contributed by atoms with Crippen molar-refractivity contribution < 1.29 is 4.79 Å². The molecule has 2 N–H and O–H groups in total. The van der Waals surface area contributed by atoms with Crippen LogP contribution in [0.25, 0.3) is 0 Å². The van der Waals surface area contributed by atoms with Crippen LogP contribution in [0.4, 0.5) is 0 Å². The van der Waals surface area contributed by atoms with Crippen molar-refractivity contribution in [2.75, 3.05) is 19.6 Å². The lowest BCUT2D eigenvalue weighted by Gasteiger charge is -2.31. The van der Waals surface area contributed by atoms with Crippen LogP contribution < -0.4 is 5.73 Å². The molecule has 3 nitrogen and oxygen atoms in total. The Morgan fingerprint density at radius 1 is 1.42 bits per heavy atom. The number of carbonyl (C=O) groups is 1. The first kappa shape index (κ1) is 14.1. The number of nitrogens with two attached hydrogens (primary N) is 1. The van der Waals surface area contributed by atoms with Gasteiger partial charge < -0.3 is 10.6 Å². The van der Waals surface area contributed by atoms with Crippen molar-refractivity contribution in [3.63, 3.8) is 0 Å². The molecular weight excluding hydrogens is 236 g/mol. The van der Waals surface area contributed by atoms with Crippen molar-refractivity contribution in [1.82, 2.24) is 4.90 Å². The number of likely N-dealkylation sites (tertiary alicyclic amines) is 1. The number of nitrogens with zero attached hydrogens (tertiary/aromatic N) is 1. The van der Waals surface area contributed by atoms with Crippen molar-refractivity contribution in [2.45, 2.75) is 32.6 Å². The average molecular weight is 260 g/mol. The predicted octanol–water partition coefficient (Wildman–Crippen LogP) is 2.08. The van der Waals surface area contributed by atoms with Crippen molar-refractivity contribution in [3.05, 3.63) is 35.4 Å². The van der Waals surface area contributed by atoms with Crippen molar-refractivity contribution in [2.24, 2.45) is 11.7 Å². The molecule has 104 valence electrons. The Morgan fingerprint density at radius 2 is 2.11 bits per heavy atom. The Morgan fingerprint density at radius 3 is 2.68 bits per heavy atom. The molecule has 0 saturated carbocycles. The van der Waals surface area contributed by atoms with Crippen molar-refractivity contribution in [3.8, 4) is 0 Å². The van der Waals surface area contributed by atoms with Gasteiger partial charge in [-0.05, 0) is 50.8 Å². The molecule has 0 spiro atoms. The average Bonchev–Trinajstić information content (AvgIpc) is 2.86. The summed E-state index contributed by atoms with van der Waals surface area (Å²) in [6.07, 6.45) is 1.03. The van der Waals surface area contributed by atoms with Gasteiger partial charge in [-0.2, -0.15) is 0 Å². The molecule has 0 aromatic heterocycles. The van der Waals surface area contributed by atoms with Gasteiger partial charge in [0, 0.05) is 13.1 Å². The van der Waals surface area contributed by atoms with Crippen LogP contribution in [-0.4, -0.2) is 30.4 Å². The second-order valence-electron chi connectivity index (χ2n) is 6.08. The van der Waals surface area contributed by atoms with Gasteiger partial charge in [-0.25, -0.2) is 0 Å². The zero-order chi connectivity index (χ0) is 14.0. The van der Waals surface area contributed by atoms with Gasteiger partial charge >= 0.3 is 0 Å². The summed E-state index contributed by atoms with van der Waals surface area (Å²) in [5.41, 5.74) is 7.54. The standard InChI is InChI=1S/C16H24N2O/c1-12-6-4-5-7-14(12)16(2,3)15(19)18-9-8-13(10-17)11-18/h4-7,13H,8-11,17H2,1-3H3. The van der Waals surface area contributed by atoms with E-state index in [1.807, 2.05) is 30.9 Å². The van der Waals surface area contributed by atoms with Gasteiger partial charge in [0.25, 0.3) is 0 Å². The molecule has 1 aliphatic rings. The van der Waals surface area contributed by atoms with E-state index in [0.29, 0.717) is 12.5 Å². The van der Waals surface area contributed by atoms with Crippen LogP contribution in [0.15, 0.2) is 24.3 Å². The molecule has 1 amide bonds. The van der Waals surface area contributed by atoms with Gasteiger partial charge in [-0.3, -0.25) is 4.79 Å². The summed E-state index contributed by atoms with van der Waals surface area (Å²) in [5, 5.41) is 0. The highest BCUT2D eigenvalue weighted by Gasteiger charge is 2.37. The summed E-state index contributed by atoms with van der Waals surface area (Å²) in [5.74, 6) is 0.689. The molecule has 1 atom stereocenters. The van der Waals surface area contributed by atoms with Crippen molar-refractivity contribution >= 4 is 5.91 Å². The van der Waals surface area contributed by atoms with Crippen LogP contribution in [-0.2, 0) is 10.2 Å². The van der Waals surface area contributed by atoms with Gasteiger partial charge in [-0.15, -0.1) is 0 Å². The molecule has 1 fully saturated rings. The fourth-order valence-corrected chi connectivity index (χ4v) is 2.99. The Hall–Kier alpha value is -1.35. The minimum Gasteiger partial charge on any atom is -0.342 e. The maximum absolute atomic E-state index is 12.8. The zero-order valence-corrected chi connectivity index (χ0v) is 12.1. The van der Waals surface area contributed by atoms with Crippen LogP contribution in [0.3, 0.4) is 0 Å². The number of aryl methyl sites for hydroxylation is 1. The minimum atomic E-state index is -0.463. The second-order valence-corrected chi connectivity index (χ2v) is 6.08. The van der Waals surface area contributed by atoms with Gasteiger partial charge in [0.2, 0.25) is 5.91 Å². The van der Waals surface area contributed by atoms with E-state index < -0.39 is 5.41 Å². The largest absolute Gasteiger partial charge is 0.342 e. The van der Waals surface area contributed by atoms with E-state index in [4.69, 9.17) is 5.73 Å². The third-order valence-electron chi connectivity index (χ3n) is 4.26. The zero-order valence-electron chi connectivity index (χ0n) is 12.1. The molecule has 1 aromatic rings. The highest BCUT2D eigenvalue weighted by molar-refractivity contribution is 5.88. The Labute approximate surface area is 115 Å². The summed E-state index contributed by atoms with van der Waals surface area (Å²) < 4.78 is 0. The first-order valence-corrected chi connectivity index (χ1v) is 7.02. The summed E-state index contributed by atoms with van der Waals surface area (Å²) >= 11 is 0. The molecule has 19 heavy (non-hydrogen) atoms. The summed E-state index contributed by atoms with van der Waals surface area (Å²) in [7, 11) is 0. The molecule has 1 aromatic carbocycles. The van der Waals surface area contributed by atoms with E-state index in [0.717, 1.165) is 25.1 Å². The molecule has 0 radical (unpaired) electrons. The van der Waals surface area contributed by atoms with Gasteiger partial charge in [0.15, 0.2) is 0 Å². The molecule has 1 heterocycles. The van der Waals surface area contributed by atoms with E-state index >= 15 is 0 Å². The SMILES string of the molecule is Cc1ccccc1C(C)(C)C(=O)N1CCC(CN)C1. The van der Waals surface area contributed by atoms with Crippen LogP contribution in [0.2, 0.25) is 0 Å². The first-order chi connectivity index (χ1) is 8.96. The predicted molar refractivity (Wildman–Crippen MR) is 77.9 cm³/mol. The quantitative estimate of drug-likeness (QED) is 0.904. The van der Waals surface area contributed by atoms with Crippen LogP contribution in [0.5, 0.6) is 0 Å².